The second kappa shape index (κ2) is 12.3. The summed E-state index contributed by atoms with van der Waals surface area (Å²) in [6.45, 7) is 17.4. The first-order valence-electron chi connectivity index (χ1n) is 13.8. The number of amides is 1. The Hall–Kier alpha value is -2.28. The van der Waals surface area contributed by atoms with Crippen molar-refractivity contribution in [2.75, 3.05) is 13.2 Å². The molecule has 1 amide bonds. The number of carbonyl (C=O) groups excluding carboxylic acids is 1. The van der Waals surface area contributed by atoms with Gasteiger partial charge in [-0.1, -0.05) is 47.1 Å². The van der Waals surface area contributed by atoms with E-state index in [-0.39, 0.29) is 30.0 Å². The summed E-state index contributed by atoms with van der Waals surface area (Å²) in [5.74, 6) is 2.33. The fourth-order valence-corrected chi connectivity index (χ4v) is 5.79. The van der Waals surface area contributed by atoms with Gasteiger partial charge in [-0.3, -0.25) is 4.79 Å². The molecule has 2 aliphatic rings. The lowest BCUT2D eigenvalue weighted by Gasteiger charge is -2.45. The topological polar surface area (TPSA) is 88.4 Å². The molecule has 202 valence electrons. The lowest BCUT2D eigenvalue weighted by Crippen LogP contribution is -2.51. The average molecular weight is 501 g/mol. The van der Waals surface area contributed by atoms with E-state index in [2.05, 4.69) is 63.9 Å². The molecular formula is C29H48N4O3. The van der Waals surface area contributed by atoms with Crippen molar-refractivity contribution in [3.8, 4) is 5.88 Å². The molecule has 0 aromatic carbocycles. The summed E-state index contributed by atoms with van der Waals surface area (Å²) in [5, 5.41) is 21.3. The Morgan fingerprint density at radius 1 is 1.28 bits per heavy atom. The van der Waals surface area contributed by atoms with Crippen molar-refractivity contribution in [1.29, 1.82) is 0 Å². The van der Waals surface area contributed by atoms with Crippen LogP contribution >= 0.6 is 0 Å². The standard InChI is InChI=1S/C29H48N4O3/c1-19(2)13-21(5)32-29(6,7)11-12-33-28(36-18-20(3)4)25(16-30-33)27(35)31-26-23-10-8-9-22(14-23)15-24(26)17-34/h11-12,16,19-20,22-24,26,32,34H,5,8-10,13-15,17-18H2,1-4,6-7H3,(H,31,35)/b12-11+/t22?,23?,24?,26-/m0/s1. The highest BCUT2D eigenvalue weighted by atomic mass is 16.5. The predicted octanol–water partition coefficient (Wildman–Crippen LogP) is 5.23. The molecule has 7 heteroatoms. The second-order valence-electron chi connectivity index (χ2n) is 12.3. The van der Waals surface area contributed by atoms with Gasteiger partial charge < -0.3 is 20.5 Å². The molecule has 0 radical (unpaired) electrons. The monoisotopic (exact) mass is 500 g/mol. The van der Waals surface area contributed by atoms with Crippen LogP contribution in [0.15, 0.2) is 24.5 Å². The van der Waals surface area contributed by atoms with Gasteiger partial charge in [0.15, 0.2) is 0 Å². The van der Waals surface area contributed by atoms with Crippen LogP contribution in [-0.2, 0) is 0 Å². The van der Waals surface area contributed by atoms with E-state index >= 15 is 0 Å². The molecule has 4 atom stereocenters. The van der Waals surface area contributed by atoms with Crippen molar-refractivity contribution >= 4 is 12.1 Å². The SMILES string of the molecule is C=C(CC(C)C)NC(C)(C)/C=C/n1ncc(C(=O)N[C@@H]2C(CO)CC3CCCC2C3)c1OCC(C)C. The zero-order valence-electron chi connectivity index (χ0n) is 23.2. The zero-order valence-corrected chi connectivity index (χ0v) is 23.2. The largest absolute Gasteiger partial charge is 0.477 e. The van der Waals surface area contributed by atoms with Crippen LogP contribution in [-0.4, -0.2) is 45.6 Å². The number of hydrogen-bond acceptors (Lipinski definition) is 5. The van der Waals surface area contributed by atoms with E-state index in [1.54, 1.807) is 10.9 Å². The van der Waals surface area contributed by atoms with Crippen molar-refractivity contribution in [2.45, 2.75) is 91.6 Å². The first kappa shape index (κ1) is 28.3. The number of carbonyl (C=O) groups is 1. The summed E-state index contributed by atoms with van der Waals surface area (Å²) in [6, 6.07) is -0.00834. The highest BCUT2D eigenvalue weighted by molar-refractivity contribution is 5.96. The van der Waals surface area contributed by atoms with Crippen molar-refractivity contribution in [3.05, 3.63) is 30.1 Å². The van der Waals surface area contributed by atoms with Gasteiger partial charge in [0.1, 0.15) is 5.56 Å². The Morgan fingerprint density at radius 2 is 2.03 bits per heavy atom. The van der Waals surface area contributed by atoms with E-state index in [1.807, 2.05) is 12.3 Å². The van der Waals surface area contributed by atoms with E-state index in [0.29, 0.717) is 41.7 Å². The van der Waals surface area contributed by atoms with Crippen LogP contribution in [0.2, 0.25) is 0 Å². The fourth-order valence-electron chi connectivity index (χ4n) is 5.79. The van der Waals surface area contributed by atoms with E-state index in [1.165, 1.54) is 12.8 Å². The maximum absolute atomic E-state index is 13.5. The van der Waals surface area contributed by atoms with Crippen LogP contribution in [0.25, 0.3) is 6.20 Å². The predicted molar refractivity (Wildman–Crippen MR) is 146 cm³/mol. The van der Waals surface area contributed by atoms with Gasteiger partial charge in [-0.15, -0.1) is 0 Å². The number of aromatic nitrogens is 2. The maximum Gasteiger partial charge on any atom is 0.258 e. The number of rotatable bonds is 12. The Kier molecular flexibility index (Phi) is 9.67. The number of aliphatic hydroxyl groups is 1. The van der Waals surface area contributed by atoms with Gasteiger partial charge in [-0.25, -0.2) is 4.68 Å². The number of nitrogens with one attached hydrogen (secondary N) is 2. The molecular weight excluding hydrogens is 452 g/mol. The minimum atomic E-state index is -0.344. The highest BCUT2D eigenvalue weighted by Crippen LogP contribution is 2.42. The molecule has 0 spiro atoms. The smallest absolute Gasteiger partial charge is 0.258 e. The van der Waals surface area contributed by atoms with Crippen LogP contribution in [0.3, 0.4) is 0 Å². The molecule has 2 saturated carbocycles. The highest BCUT2D eigenvalue weighted by Gasteiger charge is 2.40. The van der Waals surface area contributed by atoms with Crippen molar-refractivity contribution in [2.24, 2.45) is 29.6 Å². The molecule has 0 aliphatic heterocycles. The normalized spacial score (nSPS) is 24.4. The molecule has 2 bridgehead atoms. The van der Waals surface area contributed by atoms with Gasteiger partial charge in [-0.05, 0) is 69.3 Å². The lowest BCUT2D eigenvalue weighted by molar-refractivity contribution is 0.0474. The molecule has 2 aliphatic carbocycles. The summed E-state index contributed by atoms with van der Waals surface area (Å²) in [4.78, 5) is 13.5. The average Bonchev–Trinajstić information content (AvgIpc) is 3.20. The van der Waals surface area contributed by atoms with Gasteiger partial charge in [0.25, 0.3) is 5.91 Å². The maximum atomic E-state index is 13.5. The number of allylic oxidation sites excluding steroid dienone is 1. The molecule has 1 aromatic rings. The Labute approximate surface area is 217 Å². The number of nitrogens with zero attached hydrogens (tertiary/aromatic N) is 2. The Balaban J connectivity index is 1.78. The molecule has 3 rings (SSSR count). The van der Waals surface area contributed by atoms with E-state index in [0.717, 1.165) is 31.4 Å². The number of fused-ring (bicyclic) bond motifs is 2. The molecule has 3 N–H and O–H groups in total. The molecule has 1 aromatic heterocycles. The van der Waals surface area contributed by atoms with Crippen LogP contribution in [0.1, 0.15) is 90.4 Å². The summed E-state index contributed by atoms with van der Waals surface area (Å²) >= 11 is 0. The second-order valence-corrected chi connectivity index (χ2v) is 12.3. The third kappa shape index (κ3) is 7.61. The number of aliphatic hydroxyl groups excluding tert-OH is 1. The molecule has 2 fully saturated rings. The van der Waals surface area contributed by atoms with Crippen LogP contribution in [0.5, 0.6) is 5.88 Å². The van der Waals surface area contributed by atoms with E-state index in [4.69, 9.17) is 4.74 Å². The fraction of sp³-hybridized carbons (Fsp3) is 0.724. The van der Waals surface area contributed by atoms with Crippen LogP contribution in [0, 0.1) is 29.6 Å². The van der Waals surface area contributed by atoms with E-state index in [9.17, 15) is 9.90 Å². The zero-order chi connectivity index (χ0) is 26.5. The first-order chi connectivity index (χ1) is 17.0. The minimum absolute atomic E-state index is 0.00834. The van der Waals surface area contributed by atoms with E-state index < -0.39 is 0 Å². The Bertz CT molecular complexity index is 916. The van der Waals surface area contributed by atoms with Gasteiger partial charge in [0, 0.05) is 30.5 Å². The molecule has 0 saturated heterocycles. The summed E-state index contributed by atoms with van der Waals surface area (Å²) in [5.41, 5.74) is 1.08. The quantitative estimate of drug-likeness (QED) is 0.366. The third-order valence-corrected chi connectivity index (χ3v) is 7.34. The van der Waals surface area contributed by atoms with Crippen LogP contribution in [0.4, 0.5) is 0 Å². The first-order valence-corrected chi connectivity index (χ1v) is 13.8. The summed E-state index contributed by atoms with van der Waals surface area (Å²) in [7, 11) is 0. The number of ether oxygens (including phenoxy) is 1. The molecule has 7 nitrogen and oxygen atoms in total. The van der Waals surface area contributed by atoms with Gasteiger partial charge in [-0.2, -0.15) is 5.10 Å². The van der Waals surface area contributed by atoms with Gasteiger partial charge in [0.05, 0.1) is 18.3 Å². The summed E-state index contributed by atoms with van der Waals surface area (Å²) in [6.07, 6.45) is 12.1. The van der Waals surface area contributed by atoms with Crippen molar-refractivity contribution < 1.29 is 14.6 Å². The lowest BCUT2D eigenvalue weighted by atomic mass is 9.65. The minimum Gasteiger partial charge on any atom is -0.477 e. The molecule has 3 unspecified atom stereocenters. The van der Waals surface area contributed by atoms with Crippen molar-refractivity contribution in [3.63, 3.8) is 0 Å². The third-order valence-electron chi connectivity index (χ3n) is 7.34. The number of hydrogen-bond donors (Lipinski definition) is 3. The molecule has 1 heterocycles. The van der Waals surface area contributed by atoms with Crippen LogP contribution < -0.4 is 15.4 Å². The summed E-state index contributed by atoms with van der Waals surface area (Å²) < 4.78 is 7.76. The molecule has 36 heavy (non-hydrogen) atoms. The van der Waals surface area contributed by atoms with Crippen molar-refractivity contribution in [1.82, 2.24) is 20.4 Å². The van der Waals surface area contributed by atoms with Gasteiger partial charge >= 0.3 is 0 Å². The Morgan fingerprint density at radius 3 is 2.69 bits per heavy atom. The van der Waals surface area contributed by atoms with Gasteiger partial charge in [0.2, 0.25) is 5.88 Å².